The molecule has 0 amide bonds. The Bertz CT molecular complexity index is 410. The zero-order valence-electron chi connectivity index (χ0n) is 11.4. The van der Waals surface area contributed by atoms with E-state index in [1.807, 2.05) is 6.07 Å². The van der Waals surface area contributed by atoms with Crippen molar-refractivity contribution < 1.29 is 4.74 Å². The highest BCUT2D eigenvalue weighted by atomic mass is 32.1. The molecule has 3 nitrogen and oxygen atoms in total. The largest absolute Gasteiger partial charge is 0.393 e. The molecular weight excluding hydrogens is 256 g/mol. The molecule has 0 bridgehead atoms. The summed E-state index contributed by atoms with van der Waals surface area (Å²) in [5.74, 6) is 0.627. The second kappa shape index (κ2) is 6.98. The van der Waals surface area contributed by atoms with Crippen molar-refractivity contribution in [2.45, 2.75) is 18.9 Å². The van der Waals surface area contributed by atoms with Crippen molar-refractivity contribution in [2.75, 3.05) is 26.8 Å². The normalized spacial score (nSPS) is 21.4. The van der Waals surface area contributed by atoms with Gasteiger partial charge in [-0.3, -0.25) is 4.90 Å². The fourth-order valence-electron chi connectivity index (χ4n) is 2.84. The minimum Gasteiger partial charge on any atom is -0.393 e. The van der Waals surface area contributed by atoms with Crippen LogP contribution in [0.2, 0.25) is 0 Å². The standard InChI is InChI=1S/C15H22N2OS/c1-18-11-12-7-8-17(10-12)14(9-15(16)19)13-5-3-2-4-6-13/h2-6,12,14H,7-11H2,1H3,(H2,16,19). The number of ether oxygens (including phenoxy) is 1. The number of thiocarbonyl (C=S) groups is 1. The molecule has 2 atom stereocenters. The van der Waals surface area contributed by atoms with E-state index in [0.29, 0.717) is 16.9 Å². The van der Waals surface area contributed by atoms with E-state index < -0.39 is 0 Å². The van der Waals surface area contributed by atoms with Gasteiger partial charge in [0.1, 0.15) is 0 Å². The highest BCUT2D eigenvalue weighted by Gasteiger charge is 2.29. The number of nitrogens with zero attached hydrogens (tertiary/aromatic N) is 1. The lowest BCUT2D eigenvalue weighted by Crippen LogP contribution is -2.30. The molecule has 1 aromatic rings. The summed E-state index contributed by atoms with van der Waals surface area (Å²) in [6.07, 6.45) is 1.94. The van der Waals surface area contributed by atoms with Crippen molar-refractivity contribution in [3.05, 3.63) is 35.9 Å². The van der Waals surface area contributed by atoms with Crippen molar-refractivity contribution in [1.82, 2.24) is 4.90 Å². The minimum absolute atomic E-state index is 0.306. The van der Waals surface area contributed by atoms with Gasteiger partial charge in [0.25, 0.3) is 0 Å². The van der Waals surface area contributed by atoms with Crippen LogP contribution in [0, 0.1) is 5.92 Å². The van der Waals surface area contributed by atoms with Gasteiger partial charge in [0.15, 0.2) is 0 Å². The van der Waals surface area contributed by atoms with E-state index in [1.54, 1.807) is 7.11 Å². The first-order chi connectivity index (χ1) is 9.20. The molecule has 19 heavy (non-hydrogen) atoms. The third-order valence-electron chi connectivity index (χ3n) is 3.74. The molecule has 2 N–H and O–H groups in total. The number of hydrogen-bond donors (Lipinski definition) is 1. The smallest absolute Gasteiger partial charge is 0.0746 e. The summed E-state index contributed by atoms with van der Waals surface area (Å²) in [4.78, 5) is 3.07. The summed E-state index contributed by atoms with van der Waals surface area (Å²) in [5.41, 5.74) is 7.07. The summed E-state index contributed by atoms with van der Waals surface area (Å²) in [6.45, 7) is 3.00. The average molecular weight is 278 g/mol. The molecule has 0 spiro atoms. The van der Waals surface area contributed by atoms with E-state index in [2.05, 4.69) is 29.2 Å². The maximum atomic E-state index is 5.77. The Balaban J connectivity index is 2.09. The average Bonchev–Trinajstić information content (AvgIpc) is 2.86. The first-order valence-electron chi connectivity index (χ1n) is 6.77. The van der Waals surface area contributed by atoms with Crippen LogP contribution >= 0.6 is 12.2 Å². The Morgan fingerprint density at radius 3 is 2.84 bits per heavy atom. The zero-order chi connectivity index (χ0) is 13.7. The number of hydrogen-bond acceptors (Lipinski definition) is 3. The summed E-state index contributed by atoms with van der Waals surface area (Å²) in [5, 5.41) is 0. The van der Waals surface area contributed by atoms with Crippen LogP contribution < -0.4 is 5.73 Å². The van der Waals surface area contributed by atoms with E-state index in [0.717, 1.165) is 26.1 Å². The van der Waals surface area contributed by atoms with Crippen LogP contribution in [0.4, 0.5) is 0 Å². The molecule has 2 unspecified atom stereocenters. The molecule has 0 radical (unpaired) electrons. The van der Waals surface area contributed by atoms with Crippen molar-refractivity contribution in [3.63, 3.8) is 0 Å². The lowest BCUT2D eigenvalue weighted by atomic mass is 10.0. The van der Waals surface area contributed by atoms with Crippen molar-refractivity contribution in [3.8, 4) is 0 Å². The second-order valence-corrected chi connectivity index (χ2v) is 5.73. The molecule has 4 heteroatoms. The van der Waals surface area contributed by atoms with Gasteiger partial charge in [-0.2, -0.15) is 0 Å². The number of rotatable bonds is 6. The maximum Gasteiger partial charge on any atom is 0.0746 e. The van der Waals surface area contributed by atoms with Gasteiger partial charge < -0.3 is 10.5 Å². The number of benzene rings is 1. The SMILES string of the molecule is COCC1CCN(C(CC(N)=S)c2ccccc2)C1. The summed E-state index contributed by atoms with van der Waals surface area (Å²) < 4.78 is 5.26. The molecule has 1 aromatic carbocycles. The van der Waals surface area contributed by atoms with E-state index in [1.165, 1.54) is 12.0 Å². The van der Waals surface area contributed by atoms with Crippen molar-refractivity contribution >= 4 is 17.2 Å². The lowest BCUT2D eigenvalue weighted by Gasteiger charge is -2.28. The Kier molecular flexibility index (Phi) is 5.31. The van der Waals surface area contributed by atoms with Crippen LogP contribution in [0.5, 0.6) is 0 Å². The first kappa shape index (κ1) is 14.4. The summed E-state index contributed by atoms with van der Waals surface area (Å²) in [6, 6.07) is 10.8. The zero-order valence-corrected chi connectivity index (χ0v) is 12.2. The predicted octanol–water partition coefficient (Wildman–Crippen LogP) is 2.37. The Morgan fingerprint density at radius 2 is 2.21 bits per heavy atom. The molecule has 1 aliphatic rings. The molecule has 1 heterocycles. The van der Waals surface area contributed by atoms with Crippen molar-refractivity contribution in [1.29, 1.82) is 0 Å². The van der Waals surface area contributed by atoms with Gasteiger partial charge in [-0.25, -0.2) is 0 Å². The predicted molar refractivity (Wildman–Crippen MR) is 82.1 cm³/mol. The summed E-state index contributed by atoms with van der Waals surface area (Å²) in [7, 11) is 1.77. The Hall–Kier alpha value is -0.970. The van der Waals surface area contributed by atoms with Crippen LogP contribution in [-0.2, 0) is 4.74 Å². The Labute approximate surface area is 120 Å². The number of likely N-dealkylation sites (tertiary alicyclic amines) is 1. The fraction of sp³-hybridized carbons (Fsp3) is 0.533. The van der Waals surface area contributed by atoms with Crippen molar-refractivity contribution in [2.24, 2.45) is 11.7 Å². The maximum absolute atomic E-state index is 5.77. The van der Waals surface area contributed by atoms with E-state index in [9.17, 15) is 0 Å². The topological polar surface area (TPSA) is 38.5 Å². The molecule has 2 rings (SSSR count). The molecule has 0 aromatic heterocycles. The molecule has 104 valence electrons. The van der Waals surface area contributed by atoms with Crippen LogP contribution in [0.3, 0.4) is 0 Å². The quantitative estimate of drug-likeness (QED) is 0.811. The number of nitrogens with two attached hydrogens (primary N) is 1. The van der Waals surface area contributed by atoms with E-state index in [-0.39, 0.29) is 0 Å². The van der Waals surface area contributed by atoms with Gasteiger partial charge in [0.2, 0.25) is 0 Å². The van der Waals surface area contributed by atoms with Gasteiger partial charge in [0, 0.05) is 26.1 Å². The lowest BCUT2D eigenvalue weighted by molar-refractivity contribution is 0.147. The van der Waals surface area contributed by atoms with E-state index >= 15 is 0 Å². The van der Waals surface area contributed by atoms with E-state index in [4.69, 9.17) is 22.7 Å². The highest BCUT2D eigenvalue weighted by molar-refractivity contribution is 7.80. The molecule has 1 saturated heterocycles. The molecular formula is C15H22N2OS. The third-order valence-corrected chi connectivity index (χ3v) is 3.91. The first-order valence-corrected chi connectivity index (χ1v) is 7.17. The second-order valence-electron chi connectivity index (χ2n) is 5.20. The van der Waals surface area contributed by atoms with Gasteiger partial charge in [-0.05, 0) is 24.4 Å². The number of methoxy groups -OCH3 is 1. The third kappa shape index (κ3) is 4.00. The monoisotopic (exact) mass is 278 g/mol. The van der Waals surface area contributed by atoms with Crippen LogP contribution in [0.15, 0.2) is 30.3 Å². The van der Waals surface area contributed by atoms with Crippen LogP contribution in [-0.4, -0.2) is 36.7 Å². The van der Waals surface area contributed by atoms with Gasteiger partial charge >= 0.3 is 0 Å². The molecule has 0 saturated carbocycles. The van der Waals surface area contributed by atoms with Crippen LogP contribution in [0.25, 0.3) is 0 Å². The molecule has 1 aliphatic heterocycles. The molecule has 0 aliphatic carbocycles. The van der Waals surface area contributed by atoms with Gasteiger partial charge in [0.05, 0.1) is 11.6 Å². The minimum atomic E-state index is 0.306. The fourth-order valence-corrected chi connectivity index (χ4v) is 3.00. The van der Waals surface area contributed by atoms with Gasteiger partial charge in [-0.15, -0.1) is 0 Å². The van der Waals surface area contributed by atoms with Gasteiger partial charge in [-0.1, -0.05) is 42.5 Å². The van der Waals surface area contributed by atoms with Crippen LogP contribution in [0.1, 0.15) is 24.4 Å². The molecule has 1 fully saturated rings. The summed E-state index contributed by atoms with van der Waals surface area (Å²) >= 11 is 5.11. The highest BCUT2D eigenvalue weighted by Crippen LogP contribution is 2.30. The Morgan fingerprint density at radius 1 is 1.47 bits per heavy atom.